The lowest BCUT2D eigenvalue weighted by atomic mass is 10.0. The first-order chi connectivity index (χ1) is 7.81. The van der Waals surface area contributed by atoms with Gasteiger partial charge in [-0.05, 0) is 39.2 Å². The van der Waals surface area contributed by atoms with Gasteiger partial charge in [-0.25, -0.2) is 0 Å². The summed E-state index contributed by atoms with van der Waals surface area (Å²) in [5.74, 6) is 0. The van der Waals surface area contributed by atoms with E-state index in [9.17, 15) is 0 Å². The summed E-state index contributed by atoms with van der Waals surface area (Å²) < 4.78 is 0.876. The lowest BCUT2D eigenvalue weighted by Gasteiger charge is -2.05. The van der Waals surface area contributed by atoms with Crippen molar-refractivity contribution in [1.29, 1.82) is 5.26 Å². The van der Waals surface area contributed by atoms with E-state index in [1.54, 1.807) is 12.3 Å². The van der Waals surface area contributed by atoms with Crippen LogP contribution < -0.4 is 0 Å². The van der Waals surface area contributed by atoms with Gasteiger partial charge >= 0.3 is 0 Å². The molecule has 0 fully saturated rings. The maximum atomic E-state index is 8.92. The highest BCUT2D eigenvalue weighted by Crippen LogP contribution is 2.23. The Hall–Kier alpha value is -1.66. The van der Waals surface area contributed by atoms with Crippen LogP contribution in [-0.2, 0) is 6.42 Å². The minimum Gasteiger partial charge on any atom is -0.264 e. The molecule has 0 amide bonds. The van der Waals surface area contributed by atoms with E-state index >= 15 is 0 Å². The van der Waals surface area contributed by atoms with Crippen molar-refractivity contribution < 1.29 is 0 Å². The second kappa shape index (κ2) is 4.91. The molecule has 0 saturated carbocycles. The van der Waals surface area contributed by atoms with Crippen LogP contribution in [0.2, 0.25) is 0 Å². The molecule has 3 heteroatoms. The van der Waals surface area contributed by atoms with Gasteiger partial charge in [0, 0.05) is 23.3 Å². The van der Waals surface area contributed by atoms with E-state index < -0.39 is 0 Å². The van der Waals surface area contributed by atoms with Gasteiger partial charge < -0.3 is 0 Å². The molecule has 1 heterocycles. The zero-order valence-electron chi connectivity index (χ0n) is 8.52. The Bertz CT molecular complexity index is 529. The van der Waals surface area contributed by atoms with Gasteiger partial charge in [-0.15, -0.1) is 0 Å². The first-order valence-corrected chi connectivity index (χ1v) is 5.67. The summed E-state index contributed by atoms with van der Waals surface area (Å²) in [6.07, 6.45) is 4.37. The van der Waals surface area contributed by atoms with E-state index in [-0.39, 0.29) is 0 Å². The van der Waals surface area contributed by atoms with Gasteiger partial charge in [0.25, 0.3) is 0 Å². The van der Waals surface area contributed by atoms with E-state index in [0.29, 0.717) is 5.56 Å². The number of aromatic nitrogens is 1. The first-order valence-electron chi connectivity index (χ1n) is 4.87. The molecule has 2 aromatic rings. The summed E-state index contributed by atoms with van der Waals surface area (Å²) in [5, 5.41) is 8.92. The maximum Gasteiger partial charge on any atom is 0.100 e. The van der Waals surface area contributed by atoms with Crippen molar-refractivity contribution >= 4 is 15.9 Å². The van der Waals surface area contributed by atoms with Crippen LogP contribution in [0.3, 0.4) is 0 Å². The highest BCUT2D eigenvalue weighted by Gasteiger charge is 2.05. The molecule has 0 radical (unpaired) electrons. The second-order valence-electron chi connectivity index (χ2n) is 3.43. The molecule has 16 heavy (non-hydrogen) atoms. The minimum atomic E-state index is 0.668. The number of hydrogen-bond donors (Lipinski definition) is 0. The van der Waals surface area contributed by atoms with Crippen LogP contribution >= 0.6 is 15.9 Å². The predicted octanol–water partition coefficient (Wildman–Crippen LogP) is 3.31. The van der Waals surface area contributed by atoms with Crippen molar-refractivity contribution in [3.63, 3.8) is 0 Å². The Labute approximate surface area is 103 Å². The van der Waals surface area contributed by atoms with E-state index in [1.165, 1.54) is 0 Å². The molecule has 0 aliphatic carbocycles. The molecular formula is C13H9BrN2. The molecule has 1 aromatic carbocycles. The third-order valence-electron chi connectivity index (χ3n) is 2.32. The number of rotatable bonds is 2. The molecule has 0 bridgehead atoms. The highest BCUT2D eigenvalue weighted by molar-refractivity contribution is 9.10. The van der Waals surface area contributed by atoms with Crippen molar-refractivity contribution in [3.05, 3.63) is 63.9 Å². The van der Waals surface area contributed by atoms with Gasteiger partial charge in [0.2, 0.25) is 0 Å². The topological polar surface area (TPSA) is 36.7 Å². The van der Waals surface area contributed by atoms with Crippen LogP contribution in [0.5, 0.6) is 0 Å². The zero-order chi connectivity index (χ0) is 11.4. The Morgan fingerprint density at radius 2 is 2.12 bits per heavy atom. The highest BCUT2D eigenvalue weighted by atomic mass is 79.9. The molecule has 2 rings (SSSR count). The normalized spacial score (nSPS) is 9.75. The zero-order valence-corrected chi connectivity index (χ0v) is 10.1. The Morgan fingerprint density at radius 3 is 2.81 bits per heavy atom. The largest absolute Gasteiger partial charge is 0.264 e. The van der Waals surface area contributed by atoms with Gasteiger partial charge in [-0.1, -0.05) is 18.2 Å². The fraction of sp³-hybridized carbons (Fsp3) is 0.0769. The third-order valence-corrected chi connectivity index (χ3v) is 3.25. The number of benzene rings is 1. The van der Waals surface area contributed by atoms with Gasteiger partial charge in [0.15, 0.2) is 0 Å². The quantitative estimate of drug-likeness (QED) is 0.841. The molecule has 2 nitrogen and oxygen atoms in total. The van der Waals surface area contributed by atoms with Crippen LogP contribution in [-0.4, -0.2) is 4.98 Å². The van der Waals surface area contributed by atoms with Crippen molar-refractivity contribution in [2.75, 3.05) is 0 Å². The van der Waals surface area contributed by atoms with Crippen LogP contribution in [0.25, 0.3) is 0 Å². The lowest BCUT2D eigenvalue weighted by Crippen LogP contribution is -1.92. The molecule has 0 spiro atoms. The molecule has 78 valence electrons. The fourth-order valence-electron chi connectivity index (χ4n) is 1.53. The summed E-state index contributed by atoms with van der Waals surface area (Å²) in [7, 11) is 0. The van der Waals surface area contributed by atoms with E-state index in [0.717, 1.165) is 22.0 Å². The summed E-state index contributed by atoms with van der Waals surface area (Å²) in [4.78, 5) is 4.07. The second-order valence-corrected chi connectivity index (χ2v) is 4.22. The maximum absolute atomic E-state index is 8.92. The summed E-state index contributed by atoms with van der Waals surface area (Å²) in [6.45, 7) is 0. The standard InChI is InChI=1S/C13H9BrN2/c14-13-11(4-1-5-12(13)8-15)7-10-3-2-6-16-9-10/h1-6,9H,7H2. The van der Waals surface area contributed by atoms with Crippen molar-refractivity contribution in [3.8, 4) is 6.07 Å². The van der Waals surface area contributed by atoms with Crippen molar-refractivity contribution in [1.82, 2.24) is 4.98 Å². The number of nitrogens with zero attached hydrogens (tertiary/aromatic N) is 2. The summed E-state index contributed by atoms with van der Waals surface area (Å²) in [6, 6.07) is 11.8. The van der Waals surface area contributed by atoms with E-state index in [4.69, 9.17) is 5.26 Å². The monoisotopic (exact) mass is 272 g/mol. The van der Waals surface area contributed by atoms with E-state index in [2.05, 4.69) is 27.0 Å². The average molecular weight is 273 g/mol. The summed E-state index contributed by atoms with van der Waals surface area (Å²) in [5.41, 5.74) is 2.91. The molecule has 1 aromatic heterocycles. The molecule has 0 aliphatic rings. The average Bonchev–Trinajstić information content (AvgIpc) is 2.33. The number of nitriles is 1. The number of halogens is 1. The Kier molecular flexibility index (Phi) is 3.33. The van der Waals surface area contributed by atoms with Crippen molar-refractivity contribution in [2.24, 2.45) is 0 Å². The van der Waals surface area contributed by atoms with Crippen LogP contribution in [0.1, 0.15) is 16.7 Å². The SMILES string of the molecule is N#Cc1cccc(Cc2cccnc2)c1Br. The Balaban J connectivity index is 2.33. The predicted molar refractivity (Wildman–Crippen MR) is 65.9 cm³/mol. The van der Waals surface area contributed by atoms with Crippen LogP contribution in [0.4, 0.5) is 0 Å². The number of pyridine rings is 1. The van der Waals surface area contributed by atoms with E-state index in [1.807, 2.05) is 30.5 Å². The van der Waals surface area contributed by atoms with Gasteiger partial charge in [0.05, 0.1) is 5.56 Å². The molecule has 0 aliphatic heterocycles. The van der Waals surface area contributed by atoms with Gasteiger partial charge in [-0.3, -0.25) is 4.98 Å². The molecule has 0 atom stereocenters. The minimum absolute atomic E-state index is 0.668. The van der Waals surface area contributed by atoms with Crippen LogP contribution in [0, 0.1) is 11.3 Å². The molecule has 0 unspecified atom stereocenters. The molecule has 0 saturated heterocycles. The van der Waals surface area contributed by atoms with Crippen LogP contribution in [0.15, 0.2) is 47.2 Å². The lowest BCUT2D eigenvalue weighted by molar-refractivity contribution is 1.13. The molecule has 0 N–H and O–H groups in total. The smallest absolute Gasteiger partial charge is 0.100 e. The van der Waals surface area contributed by atoms with Crippen molar-refractivity contribution in [2.45, 2.75) is 6.42 Å². The molecular weight excluding hydrogens is 264 g/mol. The number of hydrogen-bond acceptors (Lipinski definition) is 2. The Morgan fingerprint density at radius 1 is 1.25 bits per heavy atom. The van der Waals surface area contributed by atoms with Gasteiger partial charge in [-0.2, -0.15) is 5.26 Å². The third kappa shape index (κ3) is 2.29. The van der Waals surface area contributed by atoms with Gasteiger partial charge in [0.1, 0.15) is 6.07 Å². The summed E-state index contributed by atoms with van der Waals surface area (Å²) >= 11 is 3.46. The first kappa shape index (κ1) is 10.8. The fourth-order valence-corrected chi connectivity index (χ4v) is 2.02.